The number of aliphatic hydroxyl groups excluding tert-OH is 1. The number of rotatable bonds is 9. The van der Waals surface area contributed by atoms with Gasteiger partial charge >= 0.3 is 0 Å². The summed E-state index contributed by atoms with van der Waals surface area (Å²) in [5.41, 5.74) is 1.39. The number of hydrogen-bond acceptors (Lipinski definition) is 4. The Bertz CT molecular complexity index is 1210. The van der Waals surface area contributed by atoms with E-state index in [1.807, 2.05) is 32.9 Å². The zero-order valence-electron chi connectivity index (χ0n) is 18.9. The average molecular weight is 470 g/mol. The molecule has 0 saturated carbocycles. The van der Waals surface area contributed by atoms with Crippen molar-refractivity contribution >= 4 is 21.5 Å². The second-order valence-corrected chi connectivity index (χ2v) is 10.1. The SMILES string of the molecule is CCc1ccc(N(CC(C)C)S(=O)(=O)c2ccc(F)c(C(=O)C(O)c3ccccc3)c2)cc1. The Morgan fingerprint density at radius 2 is 1.64 bits per heavy atom. The summed E-state index contributed by atoms with van der Waals surface area (Å²) in [5, 5.41) is 10.4. The van der Waals surface area contributed by atoms with Crippen molar-refractivity contribution in [3.05, 3.63) is 95.3 Å². The summed E-state index contributed by atoms with van der Waals surface area (Å²) in [4.78, 5) is 12.6. The van der Waals surface area contributed by atoms with E-state index in [1.165, 1.54) is 4.31 Å². The van der Waals surface area contributed by atoms with E-state index in [4.69, 9.17) is 0 Å². The molecule has 1 N–H and O–H groups in total. The van der Waals surface area contributed by atoms with Crippen molar-refractivity contribution in [3.63, 3.8) is 0 Å². The minimum Gasteiger partial charge on any atom is -0.380 e. The Balaban J connectivity index is 2.03. The molecule has 33 heavy (non-hydrogen) atoms. The second-order valence-electron chi connectivity index (χ2n) is 8.27. The van der Waals surface area contributed by atoms with Gasteiger partial charge in [0.2, 0.25) is 0 Å². The summed E-state index contributed by atoms with van der Waals surface area (Å²) >= 11 is 0. The molecule has 0 saturated heterocycles. The number of hydrogen-bond donors (Lipinski definition) is 1. The van der Waals surface area contributed by atoms with E-state index in [2.05, 4.69) is 0 Å². The number of Topliss-reactive ketones (excluding diaryl/α,β-unsaturated/α-hetero) is 1. The Kier molecular flexibility index (Phi) is 7.66. The van der Waals surface area contributed by atoms with Crippen LogP contribution in [-0.2, 0) is 16.4 Å². The van der Waals surface area contributed by atoms with Crippen LogP contribution < -0.4 is 4.31 Å². The molecule has 3 aromatic rings. The molecule has 0 aliphatic heterocycles. The van der Waals surface area contributed by atoms with Gasteiger partial charge in [-0.2, -0.15) is 0 Å². The molecule has 0 amide bonds. The van der Waals surface area contributed by atoms with Gasteiger partial charge in [-0.3, -0.25) is 9.10 Å². The van der Waals surface area contributed by atoms with Crippen molar-refractivity contribution in [2.75, 3.05) is 10.8 Å². The number of ketones is 1. The fourth-order valence-corrected chi connectivity index (χ4v) is 5.14. The fourth-order valence-electron chi connectivity index (χ4n) is 3.49. The number of aryl methyl sites for hydroxylation is 1. The molecule has 0 aliphatic rings. The lowest BCUT2D eigenvalue weighted by molar-refractivity contribution is 0.0742. The first-order valence-electron chi connectivity index (χ1n) is 10.8. The van der Waals surface area contributed by atoms with Crippen molar-refractivity contribution in [1.29, 1.82) is 0 Å². The minimum absolute atomic E-state index is 0.0204. The Hall–Kier alpha value is -3.03. The third-order valence-electron chi connectivity index (χ3n) is 5.32. The van der Waals surface area contributed by atoms with Crippen molar-refractivity contribution in [2.45, 2.75) is 38.2 Å². The molecule has 174 valence electrons. The van der Waals surface area contributed by atoms with E-state index < -0.39 is 33.3 Å². The lowest BCUT2D eigenvalue weighted by atomic mass is 10.00. The van der Waals surface area contributed by atoms with Crippen LogP contribution in [-0.4, -0.2) is 25.9 Å². The average Bonchev–Trinajstić information content (AvgIpc) is 2.82. The van der Waals surface area contributed by atoms with Crippen LogP contribution in [0.3, 0.4) is 0 Å². The normalized spacial score (nSPS) is 12.5. The maximum Gasteiger partial charge on any atom is 0.264 e. The molecule has 5 nitrogen and oxygen atoms in total. The number of sulfonamides is 1. The predicted molar refractivity (Wildman–Crippen MR) is 127 cm³/mol. The molecule has 0 spiro atoms. The molecule has 1 unspecified atom stereocenters. The lowest BCUT2D eigenvalue weighted by Gasteiger charge is -2.26. The van der Waals surface area contributed by atoms with Gasteiger partial charge < -0.3 is 5.11 Å². The zero-order valence-corrected chi connectivity index (χ0v) is 19.7. The summed E-state index contributed by atoms with van der Waals surface area (Å²) in [6.45, 7) is 6.02. The maximum atomic E-state index is 14.6. The van der Waals surface area contributed by atoms with E-state index >= 15 is 0 Å². The molecule has 0 heterocycles. The van der Waals surface area contributed by atoms with Gasteiger partial charge in [-0.05, 0) is 53.8 Å². The van der Waals surface area contributed by atoms with Crippen LogP contribution in [0.15, 0.2) is 77.7 Å². The Morgan fingerprint density at radius 1 is 1.00 bits per heavy atom. The van der Waals surface area contributed by atoms with Crippen LogP contribution in [0.4, 0.5) is 10.1 Å². The van der Waals surface area contributed by atoms with E-state index in [-0.39, 0.29) is 17.4 Å². The molecular formula is C26H28FNO4S. The van der Waals surface area contributed by atoms with Gasteiger partial charge in [0.1, 0.15) is 11.9 Å². The predicted octanol–water partition coefficient (Wildman–Crippen LogP) is 5.16. The number of anilines is 1. The highest BCUT2D eigenvalue weighted by Gasteiger charge is 2.29. The topological polar surface area (TPSA) is 74.7 Å². The molecule has 7 heteroatoms. The largest absolute Gasteiger partial charge is 0.380 e. The van der Waals surface area contributed by atoms with Crippen molar-refractivity contribution < 1.29 is 22.7 Å². The van der Waals surface area contributed by atoms with Crippen molar-refractivity contribution in [2.24, 2.45) is 5.92 Å². The molecule has 0 aliphatic carbocycles. The number of carbonyl (C=O) groups is 1. The number of carbonyl (C=O) groups excluding carboxylic acids is 1. The molecule has 0 aromatic heterocycles. The number of halogens is 1. The van der Waals surface area contributed by atoms with Crippen molar-refractivity contribution in [1.82, 2.24) is 0 Å². The van der Waals surface area contributed by atoms with E-state index in [0.29, 0.717) is 11.3 Å². The first-order chi connectivity index (χ1) is 15.6. The maximum absolute atomic E-state index is 14.6. The molecule has 0 radical (unpaired) electrons. The summed E-state index contributed by atoms with van der Waals surface area (Å²) < 4.78 is 43.0. The van der Waals surface area contributed by atoms with Crippen molar-refractivity contribution in [3.8, 4) is 0 Å². The Labute approximate surface area is 194 Å². The van der Waals surface area contributed by atoms with Gasteiger partial charge in [0, 0.05) is 6.54 Å². The van der Waals surface area contributed by atoms with Gasteiger partial charge in [0.25, 0.3) is 10.0 Å². The van der Waals surface area contributed by atoms with Gasteiger partial charge in [0.05, 0.1) is 16.1 Å². The van der Waals surface area contributed by atoms with E-state index in [9.17, 15) is 22.7 Å². The molecule has 1 atom stereocenters. The summed E-state index contributed by atoms with van der Waals surface area (Å²) in [6.07, 6.45) is -0.781. The van der Waals surface area contributed by atoms with E-state index in [1.54, 1.807) is 42.5 Å². The third kappa shape index (κ3) is 5.49. The summed E-state index contributed by atoms with van der Waals surface area (Å²) in [6, 6.07) is 18.4. The quantitative estimate of drug-likeness (QED) is 0.440. The van der Waals surface area contributed by atoms with Crippen LogP contribution in [0.25, 0.3) is 0 Å². The number of aliphatic hydroxyl groups is 1. The lowest BCUT2D eigenvalue weighted by Crippen LogP contribution is -2.34. The van der Waals surface area contributed by atoms with Crippen LogP contribution in [0, 0.1) is 11.7 Å². The first kappa shape index (κ1) is 24.6. The summed E-state index contributed by atoms with van der Waals surface area (Å²) in [5.74, 6) is -1.78. The van der Waals surface area contributed by atoms with Gasteiger partial charge in [-0.25, -0.2) is 12.8 Å². The molecule has 0 bridgehead atoms. The van der Waals surface area contributed by atoms with Crippen LogP contribution >= 0.6 is 0 Å². The van der Waals surface area contributed by atoms with Crippen LogP contribution in [0.2, 0.25) is 0 Å². The smallest absolute Gasteiger partial charge is 0.264 e. The third-order valence-corrected chi connectivity index (χ3v) is 7.11. The molecule has 3 rings (SSSR count). The molecule has 0 fully saturated rings. The standard InChI is InChI=1S/C26H28FNO4S/c1-4-19-10-12-21(13-11-19)28(17-18(2)3)33(31,32)22-14-15-24(27)23(16-22)26(30)25(29)20-8-6-5-7-9-20/h5-16,18,25,29H,4,17H2,1-3H3. The monoisotopic (exact) mass is 469 g/mol. The fraction of sp³-hybridized carbons (Fsp3) is 0.269. The summed E-state index contributed by atoms with van der Waals surface area (Å²) in [7, 11) is -4.10. The van der Waals surface area contributed by atoms with Crippen LogP contribution in [0.5, 0.6) is 0 Å². The van der Waals surface area contributed by atoms with E-state index in [0.717, 1.165) is 30.2 Å². The molecular weight excluding hydrogens is 441 g/mol. The number of nitrogens with zero attached hydrogens (tertiary/aromatic N) is 1. The Morgan fingerprint density at radius 3 is 2.21 bits per heavy atom. The highest BCUT2D eigenvalue weighted by molar-refractivity contribution is 7.92. The van der Waals surface area contributed by atoms with Crippen LogP contribution in [0.1, 0.15) is 48.4 Å². The first-order valence-corrected chi connectivity index (χ1v) is 12.3. The van der Waals surface area contributed by atoms with Gasteiger partial charge in [-0.1, -0.05) is 63.2 Å². The molecule has 3 aromatic carbocycles. The van der Waals surface area contributed by atoms with Gasteiger partial charge in [0.15, 0.2) is 5.78 Å². The number of benzene rings is 3. The second kappa shape index (κ2) is 10.3. The minimum atomic E-state index is -4.10. The highest BCUT2D eigenvalue weighted by Crippen LogP contribution is 2.28. The highest BCUT2D eigenvalue weighted by atomic mass is 32.2. The zero-order chi connectivity index (χ0) is 24.2. The van der Waals surface area contributed by atoms with Gasteiger partial charge in [-0.15, -0.1) is 0 Å².